The first-order valence-corrected chi connectivity index (χ1v) is 14.9. The van der Waals surface area contributed by atoms with Gasteiger partial charge in [-0.25, -0.2) is 0 Å². The third-order valence-electron chi connectivity index (χ3n) is 9.21. The number of hydrogen-bond donors (Lipinski definition) is 1. The number of aromatic nitrogens is 2. The molecular formula is C34H41N3O5. The van der Waals surface area contributed by atoms with Crippen molar-refractivity contribution in [2.45, 2.75) is 84.7 Å². The molecule has 222 valence electrons. The predicted molar refractivity (Wildman–Crippen MR) is 161 cm³/mol. The van der Waals surface area contributed by atoms with Gasteiger partial charge in [-0.1, -0.05) is 24.3 Å². The van der Waals surface area contributed by atoms with Crippen molar-refractivity contribution in [2.24, 2.45) is 5.41 Å². The van der Waals surface area contributed by atoms with Crippen LogP contribution in [0.4, 0.5) is 5.69 Å². The van der Waals surface area contributed by atoms with Crippen molar-refractivity contribution in [3.8, 4) is 17.1 Å². The van der Waals surface area contributed by atoms with E-state index in [2.05, 4.69) is 58.6 Å². The summed E-state index contributed by atoms with van der Waals surface area (Å²) in [6, 6.07) is 13.4. The number of hydrogen-bond acceptors (Lipinski definition) is 8. The summed E-state index contributed by atoms with van der Waals surface area (Å²) in [5.41, 5.74) is 10.4. The highest BCUT2D eigenvalue weighted by atomic mass is 16.7. The molecule has 1 saturated carbocycles. The lowest BCUT2D eigenvalue weighted by molar-refractivity contribution is -0.142. The fraction of sp³-hybridized carbons (Fsp3) is 0.500. The highest BCUT2D eigenvalue weighted by molar-refractivity contribution is 5.73. The SMILES string of the molecule is COC(=O)CC1c2ccc(NCc3cccc(-c4c(C)nc(OC[C@@H]5COC(C)(C)O5)nc4C)c3C)cc2CC12CC2. The van der Waals surface area contributed by atoms with E-state index in [1.807, 2.05) is 27.7 Å². The Labute approximate surface area is 248 Å². The Balaban J connectivity index is 1.15. The molecule has 0 radical (unpaired) electrons. The van der Waals surface area contributed by atoms with Gasteiger partial charge in [0, 0.05) is 23.7 Å². The van der Waals surface area contributed by atoms with Crippen molar-refractivity contribution in [3.05, 3.63) is 70.0 Å². The van der Waals surface area contributed by atoms with Crippen LogP contribution in [0.25, 0.3) is 11.1 Å². The molecular weight excluding hydrogens is 530 g/mol. The summed E-state index contributed by atoms with van der Waals surface area (Å²) in [5, 5.41) is 3.65. The minimum atomic E-state index is -0.587. The van der Waals surface area contributed by atoms with E-state index in [-0.39, 0.29) is 23.4 Å². The first kappa shape index (κ1) is 28.6. The molecule has 3 aromatic rings. The molecule has 3 aliphatic rings. The van der Waals surface area contributed by atoms with Gasteiger partial charge in [0.05, 0.1) is 31.5 Å². The Morgan fingerprint density at radius 2 is 1.86 bits per heavy atom. The second-order valence-electron chi connectivity index (χ2n) is 12.5. The standard InChI is InChI=1S/C34H41N3O5/c1-20-23(17-35-25-10-11-28-24(14-25)16-34(12-13-34)29(28)15-30(38)39-6)8-7-9-27(20)31-21(2)36-32(37-22(31)3)40-18-26-19-41-33(4,5)42-26/h7-11,14,26,29,35H,12-13,15-19H2,1-6H3/t26-,29?/m1/s1. The average molecular weight is 572 g/mol. The molecule has 0 amide bonds. The van der Waals surface area contributed by atoms with Gasteiger partial charge in [0.25, 0.3) is 0 Å². The smallest absolute Gasteiger partial charge is 0.316 e. The number of nitrogens with one attached hydrogen (secondary N) is 1. The molecule has 1 aliphatic heterocycles. The van der Waals surface area contributed by atoms with Crippen molar-refractivity contribution < 1.29 is 23.7 Å². The van der Waals surface area contributed by atoms with E-state index in [4.69, 9.17) is 18.9 Å². The van der Waals surface area contributed by atoms with Gasteiger partial charge in [0.2, 0.25) is 0 Å². The molecule has 2 fully saturated rings. The fourth-order valence-electron chi connectivity index (χ4n) is 6.80. The predicted octanol–water partition coefficient (Wildman–Crippen LogP) is 6.19. The van der Waals surface area contributed by atoms with Gasteiger partial charge in [0.1, 0.15) is 12.7 Å². The number of carbonyl (C=O) groups excluding carboxylic acids is 1. The van der Waals surface area contributed by atoms with E-state index in [0.717, 1.165) is 34.6 Å². The molecule has 42 heavy (non-hydrogen) atoms. The summed E-state index contributed by atoms with van der Waals surface area (Å²) in [6.45, 7) is 11.5. The van der Waals surface area contributed by atoms with E-state index in [0.29, 0.717) is 32.2 Å². The zero-order valence-electron chi connectivity index (χ0n) is 25.5. The second kappa shape index (κ2) is 11.0. The normalized spacial score (nSPS) is 21.3. The van der Waals surface area contributed by atoms with Gasteiger partial charge >= 0.3 is 12.0 Å². The number of ether oxygens (including phenoxy) is 4. The molecule has 1 aromatic heterocycles. The number of benzene rings is 2. The zero-order valence-corrected chi connectivity index (χ0v) is 25.5. The van der Waals surface area contributed by atoms with Gasteiger partial charge in [-0.15, -0.1) is 0 Å². The minimum Gasteiger partial charge on any atom is -0.469 e. The number of carbonyl (C=O) groups is 1. The number of esters is 1. The van der Waals surface area contributed by atoms with Gasteiger partial charge in [-0.2, -0.15) is 9.97 Å². The van der Waals surface area contributed by atoms with E-state index >= 15 is 0 Å². The van der Waals surface area contributed by atoms with Crippen LogP contribution in [0.2, 0.25) is 0 Å². The van der Waals surface area contributed by atoms with Crippen LogP contribution in [-0.2, 0) is 32.0 Å². The van der Waals surface area contributed by atoms with Crippen LogP contribution in [-0.4, -0.2) is 48.2 Å². The molecule has 8 heteroatoms. The number of rotatable bonds is 9. The van der Waals surface area contributed by atoms with Gasteiger partial charge in [0.15, 0.2) is 5.79 Å². The van der Waals surface area contributed by atoms with E-state index in [1.165, 1.54) is 42.2 Å². The van der Waals surface area contributed by atoms with Crippen LogP contribution in [0.5, 0.6) is 6.01 Å². The van der Waals surface area contributed by atoms with Crippen molar-refractivity contribution >= 4 is 11.7 Å². The number of nitrogens with zero attached hydrogens (tertiary/aromatic N) is 2. The Kier molecular flexibility index (Phi) is 7.48. The first-order valence-electron chi connectivity index (χ1n) is 14.9. The molecule has 6 rings (SSSR count). The molecule has 2 atom stereocenters. The molecule has 2 aliphatic carbocycles. The van der Waals surface area contributed by atoms with Crippen molar-refractivity contribution in [1.29, 1.82) is 0 Å². The van der Waals surface area contributed by atoms with Crippen LogP contribution in [0.1, 0.15) is 72.7 Å². The second-order valence-corrected chi connectivity index (χ2v) is 12.5. The van der Waals surface area contributed by atoms with Crippen LogP contribution < -0.4 is 10.1 Å². The minimum absolute atomic E-state index is 0.118. The van der Waals surface area contributed by atoms with Crippen molar-refractivity contribution in [1.82, 2.24) is 9.97 Å². The summed E-state index contributed by atoms with van der Waals surface area (Å²) < 4.78 is 22.4. The highest BCUT2D eigenvalue weighted by Crippen LogP contribution is 2.64. The van der Waals surface area contributed by atoms with Gasteiger partial charge in [-0.3, -0.25) is 4.79 Å². The molecule has 1 unspecified atom stereocenters. The largest absolute Gasteiger partial charge is 0.469 e. The summed E-state index contributed by atoms with van der Waals surface area (Å²) in [7, 11) is 1.48. The summed E-state index contributed by atoms with van der Waals surface area (Å²) >= 11 is 0. The van der Waals surface area contributed by atoms with Crippen LogP contribution >= 0.6 is 0 Å². The Hall–Kier alpha value is -3.49. The Morgan fingerprint density at radius 3 is 2.52 bits per heavy atom. The molecule has 0 bridgehead atoms. The van der Waals surface area contributed by atoms with E-state index in [1.54, 1.807) is 0 Å². The highest BCUT2D eigenvalue weighted by Gasteiger charge is 2.54. The van der Waals surface area contributed by atoms with Gasteiger partial charge in [-0.05, 0) is 99.2 Å². The Bertz CT molecular complexity index is 1490. The maximum Gasteiger partial charge on any atom is 0.316 e. The van der Waals surface area contributed by atoms with Gasteiger partial charge < -0.3 is 24.3 Å². The van der Waals surface area contributed by atoms with E-state index in [9.17, 15) is 4.79 Å². The molecule has 8 nitrogen and oxygen atoms in total. The Morgan fingerprint density at radius 1 is 1.10 bits per heavy atom. The quantitative estimate of drug-likeness (QED) is 0.304. The van der Waals surface area contributed by atoms with Crippen LogP contribution in [0.3, 0.4) is 0 Å². The van der Waals surface area contributed by atoms with Crippen molar-refractivity contribution in [3.63, 3.8) is 0 Å². The monoisotopic (exact) mass is 571 g/mol. The summed E-state index contributed by atoms with van der Waals surface area (Å²) in [5.74, 6) is -0.431. The average Bonchev–Trinajstić information content (AvgIpc) is 3.55. The summed E-state index contributed by atoms with van der Waals surface area (Å²) in [4.78, 5) is 21.4. The van der Waals surface area contributed by atoms with Crippen LogP contribution in [0, 0.1) is 26.2 Å². The number of fused-ring (bicyclic) bond motifs is 1. The lowest BCUT2D eigenvalue weighted by Gasteiger charge is -2.18. The summed E-state index contributed by atoms with van der Waals surface area (Å²) in [6.07, 6.45) is 3.76. The zero-order chi connectivity index (χ0) is 29.6. The lowest BCUT2D eigenvalue weighted by Crippen LogP contribution is -2.25. The molecule has 2 heterocycles. The number of aryl methyl sites for hydroxylation is 2. The molecule has 1 spiro atoms. The molecule has 1 saturated heterocycles. The first-order chi connectivity index (χ1) is 20.1. The van der Waals surface area contributed by atoms with Crippen molar-refractivity contribution in [2.75, 3.05) is 25.6 Å². The number of anilines is 1. The third-order valence-corrected chi connectivity index (χ3v) is 9.21. The maximum absolute atomic E-state index is 12.1. The maximum atomic E-state index is 12.1. The molecule has 2 aromatic carbocycles. The topological polar surface area (TPSA) is 91.8 Å². The number of methoxy groups -OCH3 is 1. The third kappa shape index (κ3) is 5.62. The molecule has 1 N–H and O–H groups in total. The lowest BCUT2D eigenvalue weighted by atomic mass is 9.87. The van der Waals surface area contributed by atoms with E-state index < -0.39 is 5.79 Å². The van der Waals surface area contributed by atoms with Crippen LogP contribution in [0.15, 0.2) is 36.4 Å². The fourth-order valence-corrected chi connectivity index (χ4v) is 6.80.